The topological polar surface area (TPSA) is 89.3 Å². The quantitative estimate of drug-likeness (QED) is 0.321. The van der Waals surface area contributed by atoms with E-state index < -0.39 is 0 Å². The van der Waals surface area contributed by atoms with Crippen LogP contribution in [0.15, 0.2) is 29.6 Å². The first-order chi connectivity index (χ1) is 12.6. The maximum atomic E-state index is 5.56. The van der Waals surface area contributed by atoms with Crippen LogP contribution in [-0.4, -0.2) is 44.9 Å². The van der Waals surface area contributed by atoms with E-state index in [2.05, 4.69) is 37.7 Å². The van der Waals surface area contributed by atoms with Crippen molar-refractivity contribution in [3.8, 4) is 5.88 Å². The van der Waals surface area contributed by atoms with Crippen molar-refractivity contribution in [2.45, 2.75) is 53.3 Å². The Kier molecular flexibility index (Phi) is 10.7. The minimum absolute atomic E-state index is 0. The van der Waals surface area contributed by atoms with Crippen LogP contribution in [0.3, 0.4) is 0 Å². The molecule has 0 radical (unpaired) electrons. The fourth-order valence-electron chi connectivity index (χ4n) is 2.36. The van der Waals surface area contributed by atoms with Crippen molar-refractivity contribution in [3.05, 3.63) is 36.0 Å². The predicted octanol–water partition coefficient (Wildman–Crippen LogP) is 2.40. The van der Waals surface area contributed by atoms with Crippen molar-refractivity contribution < 1.29 is 4.74 Å². The molecule has 2 aromatic heterocycles. The fraction of sp³-hybridized carbons (Fsp3) is 0.556. The largest absolute Gasteiger partial charge is 0.475 e. The molecule has 0 aliphatic carbocycles. The molecule has 0 saturated heterocycles. The lowest BCUT2D eigenvalue weighted by Gasteiger charge is -2.12. The van der Waals surface area contributed by atoms with Crippen LogP contribution < -0.4 is 15.4 Å². The molecule has 27 heavy (non-hydrogen) atoms. The minimum atomic E-state index is 0. The summed E-state index contributed by atoms with van der Waals surface area (Å²) in [7, 11) is 0. The molecule has 2 rings (SSSR count). The van der Waals surface area contributed by atoms with E-state index in [1.165, 1.54) is 0 Å². The van der Waals surface area contributed by atoms with E-state index in [9.17, 15) is 0 Å². The van der Waals surface area contributed by atoms with Crippen molar-refractivity contribution in [2.75, 3.05) is 13.1 Å². The molecule has 0 aromatic carbocycles. The van der Waals surface area contributed by atoms with E-state index in [0.29, 0.717) is 12.4 Å². The molecule has 9 heteroatoms. The molecular weight excluding hydrogens is 457 g/mol. The molecule has 0 saturated carbocycles. The minimum Gasteiger partial charge on any atom is -0.475 e. The Bertz CT molecular complexity index is 685. The van der Waals surface area contributed by atoms with E-state index in [1.807, 2.05) is 37.5 Å². The van der Waals surface area contributed by atoms with E-state index in [4.69, 9.17) is 4.74 Å². The Balaban J connectivity index is 0.00000364. The highest BCUT2D eigenvalue weighted by Gasteiger charge is 2.03. The molecule has 8 nitrogen and oxygen atoms in total. The number of hydrogen-bond donors (Lipinski definition) is 2. The second-order valence-electron chi connectivity index (χ2n) is 6.09. The zero-order valence-electron chi connectivity index (χ0n) is 16.5. The van der Waals surface area contributed by atoms with Crippen molar-refractivity contribution in [2.24, 2.45) is 4.99 Å². The van der Waals surface area contributed by atoms with Gasteiger partial charge in [-0.25, -0.2) is 9.98 Å². The van der Waals surface area contributed by atoms with Crippen LogP contribution in [0.1, 0.15) is 39.1 Å². The van der Waals surface area contributed by atoms with E-state index in [-0.39, 0.29) is 30.1 Å². The smallest absolute Gasteiger partial charge is 0.213 e. The van der Waals surface area contributed by atoms with Crippen LogP contribution in [0.4, 0.5) is 0 Å². The molecule has 0 aliphatic rings. The van der Waals surface area contributed by atoms with Crippen LogP contribution >= 0.6 is 24.0 Å². The van der Waals surface area contributed by atoms with Crippen LogP contribution in [-0.2, 0) is 19.5 Å². The molecule has 0 unspecified atom stereocenters. The summed E-state index contributed by atoms with van der Waals surface area (Å²) in [4.78, 5) is 8.92. The van der Waals surface area contributed by atoms with Gasteiger partial charge in [-0.05, 0) is 26.3 Å². The number of pyridine rings is 1. The highest BCUT2D eigenvalue weighted by molar-refractivity contribution is 14.0. The van der Waals surface area contributed by atoms with Gasteiger partial charge < -0.3 is 19.9 Å². The van der Waals surface area contributed by atoms with Gasteiger partial charge in [0.2, 0.25) is 5.88 Å². The van der Waals surface area contributed by atoms with Crippen molar-refractivity contribution >= 4 is 29.9 Å². The van der Waals surface area contributed by atoms with Crippen molar-refractivity contribution in [1.29, 1.82) is 0 Å². The number of aromatic nitrogens is 4. The van der Waals surface area contributed by atoms with Gasteiger partial charge in [-0.2, -0.15) is 0 Å². The lowest BCUT2D eigenvalue weighted by molar-refractivity contribution is 0.232. The summed E-state index contributed by atoms with van der Waals surface area (Å²) in [6.07, 6.45) is 4.55. The van der Waals surface area contributed by atoms with Gasteiger partial charge in [0.15, 0.2) is 5.96 Å². The number of ether oxygens (including phenoxy) is 1. The third-order valence-corrected chi connectivity index (χ3v) is 3.58. The number of nitrogens with zero attached hydrogens (tertiary/aromatic N) is 5. The Morgan fingerprint density at radius 3 is 2.70 bits per heavy atom. The van der Waals surface area contributed by atoms with E-state index in [1.54, 1.807) is 12.5 Å². The molecule has 2 N–H and O–H groups in total. The Labute approximate surface area is 178 Å². The Hall–Kier alpha value is -1.91. The molecule has 2 heterocycles. The van der Waals surface area contributed by atoms with Gasteiger partial charge in [0.05, 0.1) is 12.6 Å². The van der Waals surface area contributed by atoms with Crippen molar-refractivity contribution in [3.63, 3.8) is 0 Å². The van der Waals surface area contributed by atoms with Gasteiger partial charge in [0, 0.05) is 38.3 Å². The number of nitrogens with one attached hydrogen (secondary N) is 2. The molecular formula is C18H30IN7O. The van der Waals surface area contributed by atoms with Gasteiger partial charge >= 0.3 is 0 Å². The Morgan fingerprint density at radius 2 is 2.07 bits per heavy atom. The van der Waals surface area contributed by atoms with Gasteiger partial charge in [-0.15, -0.1) is 34.2 Å². The second-order valence-corrected chi connectivity index (χ2v) is 6.09. The van der Waals surface area contributed by atoms with E-state index >= 15 is 0 Å². The van der Waals surface area contributed by atoms with Gasteiger partial charge in [-0.1, -0.05) is 13.0 Å². The number of guanidine groups is 1. The maximum Gasteiger partial charge on any atom is 0.213 e. The lowest BCUT2D eigenvalue weighted by Crippen LogP contribution is -2.38. The number of aliphatic imine (C=N–C) groups is 1. The first-order valence-electron chi connectivity index (χ1n) is 9.12. The highest BCUT2D eigenvalue weighted by atomic mass is 127. The lowest BCUT2D eigenvalue weighted by atomic mass is 10.3. The SMILES string of the molecule is CCNC(=NCc1ccc(OC(C)C)nc1)NCCn1cnnc1CC.I. The van der Waals surface area contributed by atoms with Crippen molar-refractivity contribution in [1.82, 2.24) is 30.4 Å². The summed E-state index contributed by atoms with van der Waals surface area (Å²) in [5.74, 6) is 2.41. The molecule has 150 valence electrons. The number of halogens is 1. The average molecular weight is 487 g/mol. The van der Waals surface area contributed by atoms with Gasteiger partial charge in [-0.3, -0.25) is 0 Å². The predicted molar refractivity (Wildman–Crippen MR) is 118 cm³/mol. The molecule has 0 aliphatic heterocycles. The number of aryl methyl sites for hydroxylation is 1. The first kappa shape index (κ1) is 23.1. The summed E-state index contributed by atoms with van der Waals surface area (Å²) in [6, 6.07) is 3.87. The summed E-state index contributed by atoms with van der Waals surface area (Å²) in [6.45, 7) is 11.0. The second kappa shape index (κ2) is 12.5. The monoisotopic (exact) mass is 487 g/mol. The fourth-order valence-corrected chi connectivity index (χ4v) is 2.36. The van der Waals surface area contributed by atoms with E-state index in [0.717, 1.165) is 43.4 Å². The number of hydrogen-bond acceptors (Lipinski definition) is 5. The summed E-state index contributed by atoms with van der Waals surface area (Å²) in [5, 5.41) is 14.6. The molecule has 0 fully saturated rings. The average Bonchev–Trinajstić information content (AvgIpc) is 3.08. The van der Waals surface area contributed by atoms with Crippen LogP contribution in [0.2, 0.25) is 0 Å². The standard InChI is InChI=1S/C18H29N7O.HI/c1-5-16-24-23-13-25(16)10-9-20-18(19-6-2)22-12-15-7-8-17(21-11-15)26-14(3)4;/h7-8,11,13-14H,5-6,9-10,12H2,1-4H3,(H2,19,20,22);1H. The Morgan fingerprint density at radius 1 is 1.26 bits per heavy atom. The molecule has 0 spiro atoms. The highest BCUT2D eigenvalue weighted by Crippen LogP contribution is 2.10. The van der Waals surface area contributed by atoms with Crippen LogP contribution in [0.25, 0.3) is 0 Å². The first-order valence-corrected chi connectivity index (χ1v) is 9.12. The zero-order chi connectivity index (χ0) is 18.8. The summed E-state index contributed by atoms with van der Waals surface area (Å²) >= 11 is 0. The maximum absolute atomic E-state index is 5.56. The summed E-state index contributed by atoms with van der Waals surface area (Å²) in [5.41, 5.74) is 1.03. The summed E-state index contributed by atoms with van der Waals surface area (Å²) < 4.78 is 7.61. The number of rotatable bonds is 9. The normalized spacial score (nSPS) is 11.2. The van der Waals surface area contributed by atoms with Crippen LogP contribution in [0, 0.1) is 0 Å². The van der Waals surface area contributed by atoms with Gasteiger partial charge in [0.1, 0.15) is 12.2 Å². The zero-order valence-corrected chi connectivity index (χ0v) is 18.8. The molecule has 0 amide bonds. The van der Waals surface area contributed by atoms with Gasteiger partial charge in [0.25, 0.3) is 0 Å². The molecule has 2 aromatic rings. The molecule has 0 bridgehead atoms. The van der Waals surface area contributed by atoms with Crippen LogP contribution in [0.5, 0.6) is 5.88 Å². The molecule has 0 atom stereocenters. The third-order valence-electron chi connectivity index (χ3n) is 3.58. The third kappa shape index (κ3) is 8.10.